The van der Waals surface area contributed by atoms with E-state index in [0.29, 0.717) is 41.2 Å². The van der Waals surface area contributed by atoms with Crippen molar-refractivity contribution in [1.82, 2.24) is 4.90 Å². The Bertz CT molecular complexity index is 967. The van der Waals surface area contributed by atoms with Crippen molar-refractivity contribution >= 4 is 23.5 Å². The van der Waals surface area contributed by atoms with Crippen LogP contribution in [0.15, 0.2) is 71.0 Å². The molecule has 0 saturated carbocycles. The standard InChI is InChI=1S/C25H29NO5/c1-6-8-14-21-20(16-15-17(3)25(29)30-5)22(24(28)26(21)18(4)27)23(31-7-2)19-12-10-9-11-13-19/h9-16H,6-8H2,1-5H3/b17-15+,20-16+,21-14-,23-22+. The molecule has 0 atom stereocenters. The summed E-state index contributed by atoms with van der Waals surface area (Å²) in [6.45, 7) is 7.19. The van der Waals surface area contributed by atoms with Crippen molar-refractivity contribution in [2.75, 3.05) is 13.7 Å². The molecule has 2 amide bonds. The normalized spacial score (nSPS) is 18.5. The van der Waals surface area contributed by atoms with Crippen LogP contribution in [0.4, 0.5) is 0 Å². The molecular formula is C25H29NO5. The van der Waals surface area contributed by atoms with Gasteiger partial charge in [0, 0.05) is 23.6 Å². The highest BCUT2D eigenvalue weighted by atomic mass is 16.5. The number of likely N-dealkylation sites (tertiary alicyclic amines) is 1. The van der Waals surface area contributed by atoms with Crippen LogP contribution in [0.5, 0.6) is 0 Å². The minimum atomic E-state index is -0.470. The van der Waals surface area contributed by atoms with E-state index >= 15 is 0 Å². The van der Waals surface area contributed by atoms with Gasteiger partial charge in [0.05, 0.1) is 25.0 Å². The molecular weight excluding hydrogens is 394 g/mol. The van der Waals surface area contributed by atoms with E-state index in [-0.39, 0.29) is 5.91 Å². The zero-order valence-corrected chi connectivity index (χ0v) is 18.7. The van der Waals surface area contributed by atoms with E-state index in [1.807, 2.05) is 50.3 Å². The molecule has 0 bridgehead atoms. The lowest BCUT2D eigenvalue weighted by atomic mass is 10.00. The number of amides is 2. The molecule has 31 heavy (non-hydrogen) atoms. The van der Waals surface area contributed by atoms with E-state index in [1.165, 1.54) is 18.9 Å². The summed E-state index contributed by atoms with van der Waals surface area (Å²) in [5, 5.41) is 0. The lowest BCUT2D eigenvalue weighted by Gasteiger charge is -2.13. The maximum atomic E-state index is 13.4. The van der Waals surface area contributed by atoms with Crippen molar-refractivity contribution < 1.29 is 23.9 Å². The molecule has 1 aromatic carbocycles. The first-order chi connectivity index (χ1) is 14.9. The van der Waals surface area contributed by atoms with E-state index in [1.54, 1.807) is 19.1 Å². The number of allylic oxidation sites excluding steroid dienone is 4. The predicted molar refractivity (Wildman–Crippen MR) is 119 cm³/mol. The SMILES string of the molecule is CCC/C=C1C(=C\C=C(/C)C(=O)OC)/C(=C(\OCC)c2ccccc2)C(=O)N/1C(C)=O. The molecule has 1 aliphatic heterocycles. The number of benzene rings is 1. The number of hydrogen-bond donors (Lipinski definition) is 0. The fourth-order valence-corrected chi connectivity index (χ4v) is 3.24. The van der Waals surface area contributed by atoms with Crippen molar-refractivity contribution in [2.45, 2.75) is 40.5 Å². The molecule has 1 saturated heterocycles. The van der Waals surface area contributed by atoms with Crippen LogP contribution in [-0.4, -0.2) is 36.4 Å². The van der Waals surface area contributed by atoms with E-state index in [9.17, 15) is 14.4 Å². The summed E-state index contributed by atoms with van der Waals surface area (Å²) >= 11 is 0. The Morgan fingerprint density at radius 1 is 1.10 bits per heavy atom. The van der Waals surface area contributed by atoms with Crippen molar-refractivity contribution in [3.8, 4) is 0 Å². The van der Waals surface area contributed by atoms with E-state index in [0.717, 1.165) is 12.0 Å². The molecule has 1 heterocycles. The zero-order chi connectivity index (χ0) is 23.0. The fourth-order valence-electron chi connectivity index (χ4n) is 3.24. The second kappa shape index (κ2) is 11.1. The molecule has 1 fully saturated rings. The van der Waals surface area contributed by atoms with Crippen LogP contribution < -0.4 is 0 Å². The van der Waals surface area contributed by atoms with Crippen LogP contribution in [0.1, 0.15) is 46.1 Å². The molecule has 0 spiro atoms. The largest absolute Gasteiger partial charge is 0.492 e. The summed E-state index contributed by atoms with van der Waals surface area (Å²) in [7, 11) is 1.31. The van der Waals surface area contributed by atoms with Gasteiger partial charge in [0.1, 0.15) is 5.76 Å². The van der Waals surface area contributed by atoms with Crippen molar-refractivity contribution in [1.29, 1.82) is 0 Å². The third kappa shape index (κ3) is 5.40. The van der Waals surface area contributed by atoms with Crippen LogP contribution in [-0.2, 0) is 23.9 Å². The van der Waals surface area contributed by atoms with Gasteiger partial charge in [-0.2, -0.15) is 0 Å². The maximum absolute atomic E-state index is 13.4. The molecule has 1 aromatic rings. The highest BCUT2D eigenvalue weighted by Gasteiger charge is 2.40. The van der Waals surface area contributed by atoms with Crippen molar-refractivity contribution in [3.05, 3.63) is 76.5 Å². The molecule has 0 radical (unpaired) electrons. The van der Waals surface area contributed by atoms with Crippen molar-refractivity contribution in [3.63, 3.8) is 0 Å². The summed E-state index contributed by atoms with van der Waals surface area (Å²) in [6, 6.07) is 9.29. The number of carbonyl (C=O) groups is 3. The smallest absolute Gasteiger partial charge is 0.333 e. The molecule has 0 aliphatic carbocycles. The Kier molecular flexibility index (Phi) is 8.55. The molecule has 0 unspecified atom stereocenters. The van der Waals surface area contributed by atoms with Gasteiger partial charge in [-0.1, -0.05) is 61.9 Å². The Labute approximate surface area is 183 Å². The molecule has 164 valence electrons. The maximum Gasteiger partial charge on any atom is 0.333 e. The molecule has 6 heteroatoms. The van der Waals surface area contributed by atoms with Gasteiger partial charge in [0.25, 0.3) is 5.91 Å². The van der Waals surface area contributed by atoms with Gasteiger partial charge in [0.15, 0.2) is 0 Å². The summed E-state index contributed by atoms with van der Waals surface area (Å²) < 4.78 is 10.7. The summed E-state index contributed by atoms with van der Waals surface area (Å²) in [5.74, 6) is -0.903. The highest BCUT2D eigenvalue weighted by Crippen LogP contribution is 2.39. The third-order valence-corrected chi connectivity index (χ3v) is 4.70. The monoisotopic (exact) mass is 423 g/mol. The molecule has 1 aliphatic rings. The van der Waals surface area contributed by atoms with Gasteiger partial charge in [-0.3, -0.25) is 9.59 Å². The first-order valence-electron chi connectivity index (χ1n) is 10.3. The minimum absolute atomic E-state index is 0.291. The van der Waals surface area contributed by atoms with Crippen LogP contribution in [0.3, 0.4) is 0 Å². The Hall–Kier alpha value is -3.41. The predicted octanol–water partition coefficient (Wildman–Crippen LogP) is 4.55. The lowest BCUT2D eigenvalue weighted by molar-refractivity contribution is -0.137. The van der Waals surface area contributed by atoms with Crippen LogP contribution >= 0.6 is 0 Å². The van der Waals surface area contributed by atoms with Gasteiger partial charge in [-0.15, -0.1) is 0 Å². The Balaban J connectivity index is 2.84. The van der Waals surface area contributed by atoms with Crippen LogP contribution in [0.25, 0.3) is 5.76 Å². The average molecular weight is 424 g/mol. The number of imide groups is 1. The number of ether oxygens (including phenoxy) is 2. The second-order valence-electron chi connectivity index (χ2n) is 6.96. The number of unbranched alkanes of at least 4 members (excludes halogenated alkanes) is 1. The Morgan fingerprint density at radius 3 is 2.32 bits per heavy atom. The number of hydrogen-bond acceptors (Lipinski definition) is 5. The quantitative estimate of drug-likeness (QED) is 0.365. The van der Waals surface area contributed by atoms with E-state index in [2.05, 4.69) is 0 Å². The fraction of sp³-hybridized carbons (Fsp3) is 0.320. The minimum Gasteiger partial charge on any atom is -0.492 e. The van der Waals surface area contributed by atoms with E-state index < -0.39 is 11.9 Å². The Morgan fingerprint density at radius 2 is 1.77 bits per heavy atom. The summed E-state index contributed by atoms with van der Waals surface area (Å²) in [6.07, 6.45) is 6.67. The average Bonchev–Trinajstić information content (AvgIpc) is 3.05. The van der Waals surface area contributed by atoms with Gasteiger partial charge in [-0.05, 0) is 20.3 Å². The van der Waals surface area contributed by atoms with E-state index in [4.69, 9.17) is 9.47 Å². The van der Waals surface area contributed by atoms with Gasteiger partial charge in [0.2, 0.25) is 5.91 Å². The highest BCUT2D eigenvalue weighted by molar-refractivity contribution is 6.17. The van der Waals surface area contributed by atoms with Gasteiger partial charge < -0.3 is 9.47 Å². The molecule has 2 rings (SSSR count). The lowest BCUT2D eigenvalue weighted by Crippen LogP contribution is -2.29. The van der Waals surface area contributed by atoms with Crippen LogP contribution in [0, 0.1) is 0 Å². The van der Waals surface area contributed by atoms with Gasteiger partial charge in [-0.25, -0.2) is 9.69 Å². The molecule has 0 N–H and O–H groups in total. The summed E-state index contributed by atoms with van der Waals surface area (Å²) in [4.78, 5) is 38.9. The van der Waals surface area contributed by atoms with Crippen LogP contribution in [0.2, 0.25) is 0 Å². The van der Waals surface area contributed by atoms with Crippen molar-refractivity contribution in [2.24, 2.45) is 0 Å². The number of methoxy groups -OCH3 is 1. The first kappa shape index (κ1) is 23.9. The third-order valence-electron chi connectivity index (χ3n) is 4.70. The summed E-state index contributed by atoms with van der Waals surface area (Å²) in [5.41, 5.74) is 2.42. The number of nitrogens with zero attached hydrogens (tertiary/aromatic N) is 1. The molecule has 0 aromatic heterocycles. The van der Waals surface area contributed by atoms with Gasteiger partial charge >= 0.3 is 5.97 Å². The second-order valence-corrected chi connectivity index (χ2v) is 6.96. The number of rotatable bonds is 7. The zero-order valence-electron chi connectivity index (χ0n) is 18.7. The number of esters is 1. The first-order valence-corrected chi connectivity index (χ1v) is 10.3. The molecule has 6 nitrogen and oxygen atoms in total. The number of carbonyl (C=O) groups excluding carboxylic acids is 3. The topological polar surface area (TPSA) is 72.9 Å².